The summed E-state index contributed by atoms with van der Waals surface area (Å²) in [5, 5.41) is 6.46. The first-order valence-corrected chi connectivity index (χ1v) is 10.7. The number of amidine groups is 1. The molecule has 1 aliphatic heterocycles. The maximum atomic E-state index is 12.4. The van der Waals surface area contributed by atoms with Gasteiger partial charge in [-0.25, -0.2) is 0 Å². The van der Waals surface area contributed by atoms with E-state index in [9.17, 15) is 9.59 Å². The molecule has 2 aliphatic rings. The van der Waals surface area contributed by atoms with Gasteiger partial charge in [-0.15, -0.1) is 0 Å². The number of benzene rings is 2. The molecule has 2 fully saturated rings. The molecule has 1 saturated carbocycles. The number of hydrogen-bond acceptors (Lipinski definition) is 4. The first-order valence-electron chi connectivity index (χ1n) is 9.83. The van der Waals surface area contributed by atoms with Gasteiger partial charge in [0.2, 0.25) is 0 Å². The topological polar surface area (TPSA) is 70.6 Å². The fourth-order valence-electron chi connectivity index (χ4n) is 3.45. The molecule has 2 amide bonds. The van der Waals surface area contributed by atoms with E-state index in [1.165, 1.54) is 24.6 Å². The number of nitrogens with zero attached hydrogens (tertiary/aromatic N) is 1. The van der Waals surface area contributed by atoms with E-state index in [2.05, 4.69) is 15.6 Å². The van der Waals surface area contributed by atoms with E-state index in [1.54, 1.807) is 12.1 Å². The number of nitrogens with one attached hydrogen (secondary N) is 2. The van der Waals surface area contributed by atoms with Gasteiger partial charge in [0.25, 0.3) is 11.8 Å². The molecule has 148 valence electrons. The largest absolute Gasteiger partial charge is 0.322 e. The van der Waals surface area contributed by atoms with Crippen LogP contribution in [-0.2, 0) is 4.79 Å². The number of thioether (sulfide) groups is 1. The third-order valence-corrected chi connectivity index (χ3v) is 5.96. The second kappa shape index (κ2) is 8.66. The van der Waals surface area contributed by atoms with Crippen molar-refractivity contribution >= 4 is 40.5 Å². The van der Waals surface area contributed by atoms with Crippen LogP contribution in [0.1, 0.15) is 47.2 Å². The van der Waals surface area contributed by atoms with Crippen LogP contribution in [0.15, 0.2) is 58.4 Å². The summed E-state index contributed by atoms with van der Waals surface area (Å²) in [4.78, 5) is 30.0. The summed E-state index contributed by atoms with van der Waals surface area (Å²) >= 11 is 1.38. The molecule has 0 unspecified atom stereocenters. The number of anilines is 1. The third-order valence-electron chi connectivity index (χ3n) is 5.03. The molecular formula is C23H23N3O2S. The predicted octanol–water partition coefficient (Wildman–Crippen LogP) is 4.75. The van der Waals surface area contributed by atoms with Crippen molar-refractivity contribution in [1.82, 2.24) is 5.32 Å². The number of amides is 2. The molecule has 1 saturated heterocycles. The van der Waals surface area contributed by atoms with Crippen LogP contribution in [0.4, 0.5) is 5.69 Å². The summed E-state index contributed by atoms with van der Waals surface area (Å²) in [6, 6.07) is 15.2. The molecule has 4 rings (SSSR count). The maximum Gasteiger partial charge on any atom is 0.264 e. The normalized spacial score (nSPS) is 19.7. The average Bonchev–Trinajstić information content (AvgIpc) is 3.33. The van der Waals surface area contributed by atoms with Crippen molar-refractivity contribution in [2.24, 2.45) is 4.99 Å². The standard InChI is InChI=1S/C23H23N3O2S/c1-15-9-11-17(12-10-15)21(27)24-19-8-4-5-16(13-19)14-20-22(28)26-23(29-20)25-18-6-2-3-7-18/h4-5,8-14,18H,2-3,6-7H2,1H3,(H,24,27)(H,25,26,28)/b20-14-. The van der Waals surface area contributed by atoms with E-state index in [-0.39, 0.29) is 11.8 Å². The van der Waals surface area contributed by atoms with Crippen molar-refractivity contribution in [2.75, 3.05) is 5.32 Å². The molecule has 6 heteroatoms. The van der Waals surface area contributed by atoms with Crippen LogP contribution in [0.25, 0.3) is 6.08 Å². The molecule has 0 atom stereocenters. The fraction of sp³-hybridized carbons (Fsp3) is 0.261. The van der Waals surface area contributed by atoms with E-state index < -0.39 is 0 Å². The highest BCUT2D eigenvalue weighted by atomic mass is 32.2. The molecule has 0 bridgehead atoms. The number of carbonyl (C=O) groups excluding carboxylic acids is 2. The van der Waals surface area contributed by atoms with E-state index >= 15 is 0 Å². The molecule has 0 spiro atoms. The van der Waals surface area contributed by atoms with Gasteiger partial charge in [-0.1, -0.05) is 42.7 Å². The predicted molar refractivity (Wildman–Crippen MR) is 119 cm³/mol. The molecule has 1 aliphatic carbocycles. The van der Waals surface area contributed by atoms with Crippen LogP contribution in [0.2, 0.25) is 0 Å². The average molecular weight is 406 g/mol. The van der Waals surface area contributed by atoms with Gasteiger partial charge in [-0.3, -0.25) is 14.6 Å². The van der Waals surface area contributed by atoms with Gasteiger partial charge in [-0.05, 0) is 67.4 Å². The smallest absolute Gasteiger partial charge is 0.264 e. The van der Waals surface area contributed by atoms with Crippen LogP contribution in [-0.4, -0.2) is 23.0 Å². The van der Waals surface area contributed by atoms with Crippen LogP contribution in [0.3, 0.4) is 0 Å². The van der Waals surface area contributed by atoms with E-state index in [1.807, 2.05) is 49.4 Å². The van der Waals surface area contributed by atoms with E-state index in [4.69, 9.17) is 0 Å². The molecule has 2 aromatic carbocycles. The van der Waals surface area contributed by atoms with Crippen LogP contribution in [0, 0.1) is 6.92 Å². The molecular weight excluding hydrogens is 382 g/mol. The minimum atomic E-state index is -0.159. The highest BCUT2D eigenvalue weighted by Crippen LogP contribution is 2.29. The SMILES string of the molecule is Cc1ccc(C(=O)Nc2cccc(/C=C3\SC(=NC4CCCC4)NC3=O)c2)cc1. The molecule has 2 aromatic rings. The zero-order chi connectivity index (χ0) is 20.2. The number of carbonyl (C=O) groups is 2. The van der Waals surface area contributed by atoms with Crippen LogP contribution >= 0.6 is 11.8 Å². The zero-order valence-corrected chi connectivity index (χ0v) is 17.1. The summed E-state index contributed by atoms with van der Waals surface area (Å²) in [6.45, 7) is 1.99. The Hall–Kier alpha value is -2.86. The molecule has 29 heavy (non-hydrogen) atoms. The fourth-order valence-corrected chi connectivity index (χ4v) is 4.35. The molecule has 0 radical (unpaired) electrons. The Morgan fingerprint density at radius 2 is 1.93 bits per heavy atom. The number of aryl methyl sites for hydroxylation is 1. The van der Waals surface area contributed by atoms with Gasteiger partial charge in [0.05, 0.1) is 10.9 Å². The number of rotatable bonds is 4. The Labute approximate surface area is 174 Å². The number of aliphatic imine (C=N–C) groups is 1. The lowest BCUT2D eigenvalue weighted by atomic mass is 10.1. The summed E-state index contributed by atoms with van der Waals surface area (Å²) in [5.74, 6) is -0.283. The highest BCUT2D eigenvalue weighted by molar-refractivity contribution is 8.18. The van der Waals surface area contributed by atoms with Crippen molar-refractivity contribution in [3.63, 3.8) is 0 Å². The Balaban J connectivity index is 1.46. The Morgan fingerprint density at radius 1 is 1.17 bits per heavy atom. The summed E-state index contributed by atoms with van der Waals surface area (Å²) in [5.41, 5.74) is 3.26. The van der Waals surface area contributed by atoms with Crippen molar-refractivity contribution in [3.8, 4) is 0 Å². The van der Waals surface area contributed by atoms with E-state index in [0.717, 1.165) is 24.0 Å². The van der Waals surface area contributed by atoms with Crippen molar-refractivity contribution < 1.29 is 9.59 Å². The highest BCUT2D eigenvalue weighted by Gasteiger charge is 2.25. The lowest BCUT2D eigenvalue weighted by Crippen LogP contribution is -2.21. The Kier molecular flexibility index (Phi) is 5.81. The van der Waals surface area contributed by atoms with E-state index in [0.29, 0.717) is 27.4 Å². The van der Waals surface area contributed by atoms with Crippen LogP contribution < -0.4 is 10.6 Å². The van der Waals surface area contributed by atoms with Crippen molar-refractivity contribution in [3.05, 3.63) is 70.1 Å². The molecule has 1 heterocycles. The third kappa shape index (κ3) is 4.95. The van der Waals surface area contributed by atoms with Gasteiger partial charge in [-0.2, -0.15) is 0 Å². The molecule has 2 N–H and O–H groups in total. The van der Waals surface area contributed by atoms with Crippen molar-refractivity contribution in [1.29, 1.82) is 0 Å². The lowest BCUT2D eigenvalue weighted by molar-refractivity contribution is -0.115. The molecule has 0 aromatic heterocycles. The quantitative estimate of drug-likeness (QED) is 0.721. The van der Waals surface area contributed by atoms with Gasteiger partial charge in [0.1, 0.15) is 0 Å². The summed E-state index contributed by atoms with van der Waals surface area (Å²) in [7, 11) is 0. The second-order valence-corrected chi connectivity index (χ2v) is 8.41. The zero-order valence-electron chi connectivity index (χ0n) is 16.3. The maximum absolute atomic E-state index is 12.4. The summed E-state index contributed by atoms with van der Waals surface area (Å²) < 4.78 is 0. The second-order valence-electron chi connectivity index (χ2n) is 7.38. The monoisotopic (exact) mass is 405 g/mol. The van der Waals surface area contributed by atoms with Gasteiger partial charge in [0, 0.05) is 11.3 Å². The molecule has 5 nitrogen and oxygen atoms in total. The first-order chi connectivity index (χ1) is 14.1. The van der Waals surface area contributed by atoms with Crippen molar-refractivity contribution in [2.45, 2.75) is 38.6 Å². The lowest BCUT2D eigenvalue weighted by Gasteiger charge is -2.06. The number of hydrogen-bond donors (Lipinski definition) is 2. The Morgan fingerprint density at radius 3 is 2.69 bits per heavy atom. The summed E-state index contributed by atoms with van der Waals surface area (Å²) in [6.07, 6.45) is 6.45. The Bertz CT molecular complexity index is 989. The van der Waals surface area contributed by atoms with Gasteiger partial charge < -0.3 is 10.6 Å². The minimum absolute atomic E-state index is 0.124. The first kappa shape index (κ1) is 19.5. The van der Waals surface area contributed by atoms with Crippen LogP contribution in [0.5, 0.6) is 0 Å². The van der Waals surface area contributed by atoms with Gasteiger partial charge >= 0.3 is 0 Å². The van der Waals surface area contributed by atoms with Gasteiger partial charge in [0.15, 0.2) is 5.17 Å². The minimum Gasteiger partial charge on any atom is -0.322 e.